The predicted octanol–water partition coefficient (Wildman–Crippen LogP) is 4.49. The lowest BCUT2D eigenvalue weighted by Crippen LogP contribution is -2.26. The minimum atomic E-state index is -0.354. The van der Waals surface area contributed by atoms with Crippen LogP contribution in [0.3, 0.4) is 0 Å². The molecule has 35 heavy (non-hydrogen) atoms. The van der Waals surface area contributed by atoms with E-state index in [1.54, 1.807) is 18.2 Å². The van der Waals surface area contributed by atoms with Crippen LogP contribution in [0.5, 0.6) is 5.75 Å². The van der Waals surface area contributed by atoms with Gasteiger partial charge in [-0.2, -0.15) is 9.78 Å². The quantitative estimate of drug-likeness (QED) is 0.280. The van der Waals surface area contributed by atoms with Gasteiger partial charge in [-0.3, -0.25) is 4.79 Å². The second kappa shape index (κ2) is 9.55. The van der Waals surface area contributed by atoms with Crippen LogP contribution in [0.15, 0.2) is 82.4 Å². The Morgan fingerprint density at radius 1 is 1.06 bits per heavy atom. The number of amides is 1. The Kier molecular flexibility index (Phi) is 6.15. The number of phenolic OH excluding ortho intramolecular Hbond substituents is 1. The number of anilines is 1. The van der Waals surface area contributed by atoms with E-state index >= 15 is 0 Å². The minimum Gasteiger partial charge on any atom is -0.507 e. The van der Waals surface area contributed by atoms with Crippen LogP contribution < -0.4 is 11.1 Å². The van der Waals surface area contributed by atoms with E-state index in [1.165, 1.54) is 10.9 Å². The lowest BCUT2D eigenvalue weighted by Gasteiger charge is -2.06. The van der Waals surface area contributed by atoms with Gasteiger partial charge in [0.1, 0.15) is 22.6 Å². The molecule has 0 saturated carbocycles. The van der Waals surface area contributed by atoms with Crippen LogP contribution in [0.4, 0.5) is 5.82 Å². The molecule has 8 nitrogen and oxygen atoms in total. The van der Waals surface area contributed by atoms with Crippen molar-refractivity contribution >= 4 is 56.1 Å². The lowest BCUT2D eigenvalue weighted by molar-refractivity contribution is 0.0956. The van der Waals surface area contributed by atoms with Crippen LogP contribution in [0.25, 0.3) is 22.2 Å². The lowest BCUT2D eigenvalue weighted by atomic mass is 10.1. The Morgan fingerprint density at radius 2 is 1.77 bits per heavy atom. The van der Waals surface area contributed by atoms with E-state index in [-0.39, 0.29) is 23.0 Å². The van der Waals surface area contributed by atoms with Crippen LogP contribution in [-0.4, -0.2) is 38.4 Å². The second-order valence-electron chi connectivity index (χ2n) is 7.90. The topological polar surface area (TPSA) is 118 Å². The first-order valence-corrected chi connectivity index (χ1v) is 11.7. The molecule has 0 aliphatic rings. The van der Waals surface area contributed by atoms with Gasteiger partial charge in [0.05, 0.1) is 17.2 Å². The molecule has 174 valence electrons. The predicted molar refractivity (Wildman–Crippen MR) is 141 cm³/mol. The zero-order valence-corrected chi connectivity index (χ0v) is 20.1. The first-order chi connectivity index (χ1) is 17.0. The van der Waals surface area contributed by atoms with Gasteiger partial charge in [0.25, 0.3) is 5.91 Å². The number of nitrogens with two attached hydrogens (primary N) is 1. The van der Waals surface area contributed by atoms with Gasteiger partial charge in [0, 0.05) is 16.6 Å². The van der Waals surface area contributed by atoms with E-state index in [0.29, 0.717) is 40.7 Å². The maximum Gasteiger partial charge on any atom is 0.257 e. The molecular formula is C26H21BrN6O2. The number of hydrogen-bond acceptors (Lipinski definition) is 6. The zero-order valence-electron chi connectivity index (χ0n) is 18.5. The molecule has 4 N–H and O–H groups in total. The molecule has 3 aromatic carbocycles. The van der Waals surface area contributed by atoms with E-state index in [9.17, 15) is 9.90 Å². The summed E-state index contributed by atoms with van der Waals surface area (Å²) in [5, 5.41) is 17.6. The van der Waals surface area contributed by atoms with Crippen molar-refractivity contribution in [2.75, 3.05) is 12.3 Å². The number of phenols is 1. The number of carbonyl (C=O) groups excluding carboxylic acids is 1. The van der Waals surface area contributed by atoms with Crippen LogP contribution in [-0.2, 0) is 6.42 Å². The Labute approximate surface area is 209 Å². The summed E-state index contributed by atoms with van der Waals surface area (Å²) in [6.45, 7) is 0.436. The molecule has 9 heteroatoms. The normalized spacial score (nSPS) is 11.5. The second-order valence-corrected chi connectivity index (χ2v) is 8.81. The largest absolute Gasteiger partial charge is 0.507 e. The number of benzene rings is 3. The smallest absolute Gasteiger partial charge is 0.257 e. The van der Waals surface area contributed by atoms with Crippen LogP contribution in [0.2, 0.25) is 0 Å². The fraction of sp³-hybridized carbons (Fsp3) is 0.0769. The van der Waals surface area contributed by atoms with Gasteiger partial charge < -0.3 is 16.2 Å². The Bertz CT molecular complexity index is 1580. The summed E-state index contributed by atoms with van der Waals surface area (Å²) in [7, 11) is 0. The zero-order chi connectivity index (χ0) is 24.4. The Balaban J connectivity index is 1.55. The van der Waals surface area contributed by atoms with Gasteiger partial charge >= 0.3 is 0 Å². The average Bonchev–Trinajstić information content (AvgIpc) is 3.13. The molecule has 0 atom stereocenters. The van der Waals surface area contributed by atoms with Crippen LogP contribution >= 0.6 is 15.9 Å². The van der Waals surface area contributed by atoms with Crippen molar-refractivity contribution in [1.29, 1.82) is 0 Å². The van der Waals surface area contributed by atoms with E-state index in [0.717, 1.165) is 10.0 Å². The third kappa shape index (κ3) is 4.58. The third-order valence-electron chi connectivity index (χ3n) is 5.54. The fourth-order valence-electron chi connectivity index (χ4n) is 3.79. The average molecular weight is 529 g/mol. The minimum absolute atomic E-state index is 0.0578. The number of para-hydroxylation sites is 2. The molecule has 5 aromatic rings. The number of nitrogens with one attached hydrogen (secondary N) is 1. The van der Waals surface area contributed by atoms with Crippen molar-refractivity contribution in [1.82, 2.24) is 20.0 Å². The van der Waals surface area contributed by atoms with Crippen molar-refractivity contribution in [2.45, 2.75) is 6.42 Å². The summed E-state index contributed by atoms with van der Waals surface area (Å²) in [5.74, 6) is -0.187. The van der Waals surface area contributed by atoms with E-state index in [2.05, 4.69) is 36.3 Å². The summed E-state index contributed by atoms with van der Waals surface area (Å²) in [4.78, 5) is 22.6. The monoisotopic (exact) mass is 528 g/mol. The Hall–Kier alpha value is -4.24. The molecule has 0 unspecified atom stereocenters. The molecule has 0 bridgehead atoms. The molecule has 0 saturated heterocycles. The van der Waals surface area contributed by atoms with Crippen molar-refractivity contribution in [2.24, 2.45) is 5.10 Å². The number of aromatic hydroxyl groups is 1. The number of fused-ring (bicyclic) bond motifs is 2. The molecule has 0 fully saturated rings. The summed E-state index contributed by atoms with van der Waals surface area (Å²) in [6, 6.07) is 22.3. The van der Waals surface area contributed by atoms with Crippen molar-refractivity contribution in [3.8, 4) is 5.75 Å². The van der Waals surface area contributed by atoms with Gasteiger partial charge in [0.15, 0.2) is 5.65 Å². The van der Waals surface area contributed by atoms with Gasteiger partial charge in [-0.1, -0.05) is 58.4 Å². The molecule has 0 radical (unpaired) electrons. The molecular weight excluding hydrogens is 508 g/mol. The molecule has 5 rings (SSSR count). The van der Waals surface area contributed by atoms with Gasteiger partial charge in [-0.25, -0.2) is 9.97 Å². The number of rotatable bonds is 6. The fourth-order valence-corrected chi connectivity index (χ4v) is 4.17. The first kappa shape index (κ1) is 22.5. The maximum absolute atomic E-state index is 13.2. The number of nitrogens with zero attached hydrogens (tertiary/aromatic N) is 4. The number of aromatic nitrogens is 3. The number of carbonyl (C=O) groups is 1. The molecule has 0 spiro atoms. The highest BCUT2D eigenvalue weighted by Crippen LogP contribution is 2.28. The highest BCUT2D eigenvalue weighted by atomic mass is 79.9. The summed E-state index contributed by atoms with van der Waals surface area (Å²) < 4.78 is 2.16. The van der Waals surface area contributed by atoms with Crippen molar-refractivity contribution in [3.05, 3.63) is 94.0 Å². The van der Waals surface area contributed by atoms with Crippen LogP contribution in [0, 0.1) is 0 Å². The summed E-state index contributed by atoms with van der Waals surface area (Å²) in [6.07, 6.45) is 2.14. The SMILES string of the molecule is Nc1c(C(=O)NCCc2ccccc2)c2nc3ccccc3nc2n1/N=C/c1cc(Br)ccc1O. The van der Waals surface area contributed by atoms with E-state index in [1.807, 2.05) is 54.6 Å². The van der Waals surface area contributed by atoms with Gasteiger partial charge in [0.2, 0.25) is 0 Å². The first-order valence-electron chi connectivity index (χ1n) is 10.9. The number of nitrogen functional groups attached to an aromatic ring is 1. The molecule has 2 heterocycles. The highest BCUT2D eigenvalue weighted by molar-refractivity contribution is 9.10. The van der Waals surface area contributed by atoms with Crippen molar-refractivity contribution < 1.29 is 9.90 Å². The molecule has 2 aromatic heterocycles. The van der Waals surface area contributed by atoms with Crippen molar-refractivity contribution in [3.63, 3.8) is 0 Å². The third-order valence-corrected chi connectivity index (χ3v) is 6.04. The summed E-state index contributed by atoms with van der Waals surface area (Å²) >= 11 is 3.39. The standard InChI is InChI=1S/C26H21BrN6O2/c27-18-10-11-21(34)17(14-18)15-30-33-24(28)22(26(35)29-13-12-16-6-2-1-3-7-16)23-25(33)32-20-9-5-4-8-19(20)31-23/h1-11,14-15,34H,12-13,28H2,(H,29,35)/b30-15+. The van der Waals surface area contributed by atoms with E-state index < -0.39 is 0 Å². The van der Waals surface area contributed by atoms with Gasteiger partial charge in [-0.05, 0) is 42.3 Å². The summed E-state index contributed by atoms with van der Waals surface area (Å²) in [5.41, 5.74) is 10.2. The Morgan fingerprint density at radius 3 is 2.54 bits per heavy atom. The van der Waals surface area contributed by atoms with E-state index in [4.69, 9.17) is 5.73 Å². The molecule has 1 amide bonds. The van der Waals surface area contributed by atoms with Crippen LogP contribution in [0.1, 0.15) is 21.5 Å². The number of halogens is 1. The molecule has 0 aliphatic carbocycles. The number of hydrogen-bond donors (Lipinski definition) is 3. The van der Waals surface area contributed by atoms with Gasteiger partial charge in [-0.15, -0.1) is 0 Å². The molecule has 0 aliphatic heterocycles. The highest BCUT2D eigenvalue weighted by Gasteiger charge is 2.24. The maximum atomic E-state index is 13.2.